The van der Waals surface area contributed by atoms with Crippen molar-refractivity contribution in [2.24, 2.45) is 5.92 Å². The highest BCUT2D eigenvalue weighted by Crippen LogP contribution is 2.17. The van der Waals surface area contributed by atoms with Gasteiger partial charge in [-0.15, -0.1) is 0 Å². The van der Waals surface area contributed by atoms with E-state index in [1.807, 2.05) is 26.0 Å². The van der Waals surface area contributed by atoms with E-state index < -0.39 is 23.7 Å². The van der Waals surface area contributed by atoms with Gasteiger partial charge in [0.15, 0.2) is 6.61 Å². The van der Waals surface area contributed by atoms with Crippen LogP contribution in [0.2, 0.25) is 0 Å². The first-order chi connectivity index (χ1) is 10.9. The first-order valence-electron chi connectivity index (χ1n) is 7.28. The zero-order chi connectivity index (χ0) is 17.0. The largest absolute Gasteiger partial charge is 0.484 e. The lowest BCUT2D eigenvalue weighted by atomic mass is 10.0. The number of rotatable bonds is 4. The van der Waals surface area contributed by atoms with Crippen LogP contribution in [0.15, 0.2) is 18.2 Å². The van der Waals surface area contributed by atoms with E-state index in [1.165, 1.54) is 7.11 Å². The summed E-state index contributed by atoms with van der Waals surface area (Å²) in [6.07, 6.45) is 0.00840. The summed E-state index contributed by atoms with van der Waals surface area (Å²) in [6, 6.07) is 5.53. The third-order valence-corrected chi connectivity index (χ3v) is 3.77. The third kappa shape index (κ3) is 4.21. The van der Waals surface area contributed by atoms with Gasteiger partial charge in [-0.2, -0.15) is 0 Å². The van der Waals surface area contributed by atoms with Gasteiger partial charge in [-0.1, -0.05) is 6.07 Å². The van der Waals surface area contributed by atoms with Gasteiger partial charge in [0.1, 0.15) is 5.75 Å². The molecule has 0 aliphatic carbocycles. The highest BCUT2D eigenvalue weighted by atomic mass is 16.5. The lowest BCUT2D eigenvalue weighted by Crippen LogP contribution is -2.55. The van der Waals surface area contributed by atoms with E-state index in [4.69, 9.17) is 4.74 Å². The van der Waals surface area contributed by atoms with Crippen molar-refractivity contribution in [2.75, 3.05) is 20.3 Å². The Hall–Kier alpha value is -2.57. The molecule has 0 radical (unpaired) electrons. The van der Waals surface area contributed by atoms with E-state index in [0.29, 0.717) is 5.75 Å². The van der Waals surface area contributed by atoms with Crippen molar-refractivity contribution in [3.63, 3.8) is 0 Å². The third-order valence-electron chi connectivity index (χ3n) is 3.77. The van der Waals surface area contributed by atoms with Crippen molar-refractivity contribution < 1.29 is 23.9 Å². The number of hydrogen-bond donors (Lipinski definition) is 1. The number of hydrazine groups is 1. The molecule has 1 aliphatic heterocycles. The maximum Gasteiger partial charge on any atom is 0.311 e. The van der Waals surface area contributed by atoms with Crippen molar-refractivity contribution in [1.82, 2.24) is 10.4 Å². The minimum atomic E-state index is -0.653. The van der Waals surface area contributed by atoms with Gasteiger partial charge in [-0.3, -0.25) is 24.8 Å². The SMILES string of the molecule is COC(=O)C1CC(=O)NN(C(=O)COc2ccc(C)c(C)c2)C1. The molecule has 1 aliphatic rings. The Bertz CT molecular complexity index is 629. The summed E-state index contributed by atoms with van der Waals surface area (Å²) >= 11 is 0. The molecule has 1 aromatic rings. The molecule has 124 valence electrons. The quantitative estimate of drug-likeness (QED) is 0.827. The number of ether oxygens (including phenoxy) is 2. The molecule has 0 bridgehead atoms. The Labute approximate surface area is 134 Å². The topological polar surface area (TPSA) is 84.9 Å². The molecular formula is C16H20N2O5. The number of aryl methyl sites for hydroxylation is 2. The maximum absolute atomic E-state index is 12.2. The standard InChI is InChI=1S/C16H20N2O5/c1-10-4-5-13(6-11(10)2)23-9-15(20)18-8-12(16(21)22-3)7-14(19)17-18/h4-6,12H,7-9H2,1-3H3,(H,17,19). The van der Waals surface area contributed by atoms with Gasteiger partial charge in [0.05, 0.1) is 19.6 Å². The molecule has 2 amide bonds. The molecule has 7 heteroatoms. The van der Waals surface area contributed by atoms with Crippen LogP contribution in [0, 0.1) is 19.8 Å². The van der Waals surface area contributed by atoms with Crippen LogP contribution in [-0.4, -0.2) is 43.1 Å². The highest BCUT2D eigenvalue weighted by Gasteiger charge is 2.33. The molecule has 1 atom stereocenters. The van der Waals surface area contributed by atoms with E-state index in [1.54, 1.807) is 6.07 Å². The summed E-state index contributed by atoms with van der Waals surface area (Å²) in [4.78, 5) is 35.3. The van der Waals surface area contributed by atoms with Gasteiger partial charge in [-0.05, 0) is 37.1 Å². The molecule has 2 rings (SSSR count). The number of methoxy groups -OCH3 is 1. The van der Waals surface area contributed by atoms with E-state index in [0.717, 1.165) is 16.1 Å². The second kappa shape index (κ2) is 7.13. The minimum absolute atomic E-state index is 0.00840. The van der Waals surface area contributed by atoms with Crippen molar-refractivity contribution >= 4 is 17.8 Å². The predicted octanol–water partition coefficient (Wildman–Crippen LogP) is 0.735. The van der Waals surface area contributed by atoms with Gasteiger partial charge < -0.3 is 9.47 Å². The van der Waals surface area contributed by atoms with Crippen LogP contribution >= 0.6 is 0 Å². The Balaban J connectivity index is 1.95. The van der Waals surface area contributed by atoms with Gasteiger partial charge in [-0.25, -0.2) is 0 Å². The van der Waals surface area contributed by atoms with Crippen LogP contribution in [0.25, 0.3) is 0 Å². The number of esters is 1. The summed E-state index contributed by atoms with van der Waals surface area (Å²) in [6.45, 7) is 3.79. The highest BCUT2D eigenvalue weighted by molar-refractivity contribution is 5.88. The summed E-state index contributed by atoms with van der Waals surface area (Å²) in [7, 11) is 1.25. The fourth-order valence-electron chi connectivity index (χ4n) is 2.27. The molecule has 1 saturated heterocycles. The molecule has 1 aromatic carbocycles. The number of benzene rings is 1. The fraction of sp³-hybridized carbons (Fsp3) is 0.438. The summed E-state index contributed by atoms with van der Waals surface area (Å²) in [5, 5.41) is 1.11. The first-order valence-corrected chi connectivity index (χ1v) is 7.28. The average molecular weight is 320 g/mol. The van der Waals surface area contributed by atoms with Gasteiger partial charge in [0.25, 0.3) is 5.91 Å². The van der Waals surface area contributed by atoms with Crippen molar-refractivity contribution in [1.29, 1.82) is 0 Å². The molecule has 0 aromatic heterocycles. The first kappa shape index (κ1) is 16.8. The average Bonchev–Trinajstić information content (AvgIpc) is 2.54. The normalized spacial score (nSPS) is 17.4. The molecule has 23 heavy (non-hydrogen) atoms. The summed E-state index contributed by atoms with van der Waals surface area (Å²) in [5.41, 5.74) is 4.63. The van der Waals surface area contributed by atoms with E-state index >= 15 is 0 Å². The lowest BCUT2D eigenvalue weighted by molar-refractivity contribution is -0.157. The van der Waals surface area contributed by atoms with Gasteiger partial charge in [0.2, 0.25) is 5.91 Å². The number of nitrogens with zero attached hydrogens (tertiary/aromatic N) is 1. The Morgan fingerprint density at radius 1 is 1.30 bits per heavy atom. The second-order valence-corrected chi connectivity index (χ2v) is 5.50. The van der Waals surface area contributed by atoms with Gasteiger partial charge in [0, 0.05) is 6.42 Å². The van der Waals surface area contributed by atoms with E-state index in [9.17, 15) is 14.4 Å². The molecule has 1 heterocycles. The molecular weight excluding hydrogens is 300 g/mol. The summed E-state index contributed by atoms with van der Waals surface area (Å²) in [5.74, 6) is -1.40. The molecule has 1 N–H and O–H groups in total. The van der Waals surface area contributed by atoms with Crippen molar-refractivity contribution in [3.05, 3.63) is 29.3 Å². The fourth-order valence-corrected chi connectivity index (χ4v) is 2.27. The number of carbonyl (C=O) groups is 3. The lowest BCUT2D eigenvalue weighted by Gasteiger charge is -2.31. The summed E-state index contributed by atoms with van der Waals surface area (Å²) < 4.78 is 10.1. The maximum atomic E-state index is 12.2. The minimum Gasteiger partial charge on any atom is -0.484 e. The Morgan fingerprint density at radius 3 is 2.70 bits per heavy atom. The van der Waals surface area contributed by atoms with E-state index in [-0.39, 0.29) is 19.6 Å². The molecule has 1 unspecified atom stereocenters. The van der Waals surface area contributed by atoms with Crippen LogP contribution in [-0.2, 0) is 19.1 Å². The Morgan fingerprint density at radius 2 is 2.04 bits per heavy atom. The zero-order valence-corrected chi connectivity index (χ0v) is 13.4. The molecule has 7 nitrogen and oxygen atoms in total. The van der Waals surface area contributed by atoms with Crippen molar-refractivity contribution in [2.45, 2.75) is 20.3 Å². The second-order valence-electron chi connectivity index (χ2n) is 5.50. The van der Waals surface area contributed by atoms with E-state index in [2.05, 4.69) is 10.2 Å². The zero-order valence-electron chi connectivity index (χ0n) is 13.4. The van der Waals surface area contributed by atoms with Crippen LogP contribution in [0.1, 0.15) is 17.5 Å². The Kier molecular flexibility index (Phi) is 5.20. The van der Waals surface area contributed by atoms with Gasteiger partial charge >= 0.3 is 5.97 Å². The smallest absolute Gasteiger partial charge is 0.311 e. The molecule has 0 spiro atoms. The number of carbonyl (C=O) groups excluding carboxylic acids is 3. The van der Waals surface area contributed by atoms with Crippen molar-refractivity contribution in [3.8, 4) is 5.75 Å². The van der Waals surface area contributed by atoms with Crippen LogP contribution in [0.5, 0.6) is 5.75 Å². The predicted molar refractivity (Wildman–Crippen MR) is 81.4 cm³/mol. The number of nitrogens with one attached hydrogen (secondary N) is 1. The number of amides is 2. The van der Waals surface area contributed by atoms with Crippen LogP contribution in [0.3, 0.4) is 0 Å². The van der Waals surface area contributed by atoms with Crippen LogP contribution < -0.4 is 10.2 Å². The molecule has 1 fully saturated rings. The van der Waals surface area contributed by atoms with Crippen LogP contribution in [0.4, 0.5) is 0 Å². The monoisotopic (exact) mass is 320 g/mol. The molecule has 0 saturated carbocycles. The number of hydrogen-bond acceptors (Lipinski definition) is 5.